The zero-order valence-corrected chi connectivity index (χ0v) is 21.9. The number of ether oxygens (including phenoxy) is 2. The van der Waals surface area contributed by atoms with Crippen LogP contribution in [0.15, 0.2) is 42.5 Å². The van der Waals surface area contributed by atoms with Gasteiger partial charge in [-0.3, -0.25) is 9.59 Å². The highest BCUT2D eigenvalue weighted by atomic mass is 16.5. The topological polar surface area (TPSA) is 74.9 Å². The van der Waals surface area contributed by atoms with E-state index in [1.54, 1.807) is 16.9 Å². The number of hydrogen-bond acceptors (Lipinski definition) is 4. The van der Waals surface area contributed by atoms with Crippen LogP contribution in [-0.2, 0) is 15.1 Å². The number of aromatic amines is 1. The van der Waals surface area contributed by atoms with Crippen molar-refractivity contribution in [3.63, 3.8) is 0 Å². The Morgan fingerprint density at radius 1 is 1.11 bits per heavy atom. The monoisotopic (exact) mass is 489 g/mol. The van der Waals surface area contributed by atoms with Crippen molar-refractivity contribution in [1.29, 1.82) is 0 Å². The highest BCUT2D eigenvalue weighted by Crippen LogP contribution is 2.49. The van der Waals surface area contributed by atoms with E-state index >= 15 is 0 Å². The fourth-order valence-corrected chi connectivity index (χ4v) is 5.76. The van der Waals surface area contributed by atoms with Crippen LogP contribution in [0.1, 0.15) is 63.8 Å². The summed E-state index contributed by atoms with van der Waals surface area (Å²) in [6.45, 7) is 10.4. The molecule has 190 valence electrons. The maximum atomic E-state index is 14.0. The SMILES string of the molecule is CCC(C)N1CC(=O)N2CC(c3ccc(OC(C)C)c(OC)c3)c3c([nH]c4ccccc34)C2(C)C1=O. The molecule has 1 fully saturated rings. The number of carbonyl (C=O) groups excluding carboxylic acids is 2. The van der Waals surface area contributed by atoms with Gasteiger partial charge in [0.2, 0.25) is 5.91 Å². The second-order valence-corrected chi connectivity index (χ2v) is 10.4. The van der Waals surface area contributed by atoms with Gasteiger partial charge in [0.05, 0.1) is 18.9 Å². The van der Waals surface area contributed by atoms with Crippen LogP contribution in [0, 0.1) is 0 Å². The molecular weight excluding hydrogens is 454 g/mol. The first-order chi connectivity index (χ1) is 17.2. The van der Waals surface area contributed by atoms with E-state index in [0.717, 1.165) is 34.1 Å². The molecule has 1 aromatic heterocycles. The number of aromatic nitrogens is 1. The molecular formula is C29H35N3O4. The van der Waals surface area contributed by atoms with Gasteiger partial charge in [0.15, 0.2) is 17.0 Å². The highest BCUT2D eigenvalue weighted by Gasteiger charge is 2.56. The van der Waals surface area contributed by atoms with Crippen molar-refractivity contribution in [2.24, 2.45) is 0 Å². The Morgan fingerprint density at radius 2 is 1.86 bits per heavy atom. The average Bonchev–Trinajstić information content (AvgIpc) is 3.26. The quantitative estimate of drug-likeness (QED) is 0.540. The lowest BCUT2D eigenvalue weighted by molar-refractivity contribution is -0.168. The zero-order valence-electron chi connectivity index (χ0n) is 21.9. The second-order valence-electron chi connectivity index (χ2n) is 10.4. The predicted octanol–water partition coefficient (Wildman–Crippen LogP) is 4.79. The molecule has 7 heteroatoms. The Morgan fingerprint density at radius 3 is 2.56 bits per heavy atom. The van der Waals surface area contributed by atoms with Crippen molar-refractivity contribution in [3.05, 3.63) is 59.3 Å². The molecule has 1 N–H and O–H groups in total. The number of nitrogens with zero attached hydrogens (tertiary/aromatic N) is 2. The first-order valence-electron chi connectivity index (χ1n) is 12.8. The lowest BCUT2D eigenvalue weighted by Gasteiger charge is -2.52. The molecule has 36 heavy (non-hydrogen) atoms. The number of para-hydroxylation sites is 1. The lowest BCUT2D eigenvalue weighted by Crippen LogP contribution is -2.68. The van der Waals surface area contributed by atoms with Crippen molar-refractivity contribution >= 4 is 22.7 Å². The van der Waals surface area contributed by atoms with Gasteiger partial charge in [0.25, 0.3) is 5.91 Å². The molecule has 2 aliphatic heterocycles. The van der Waals surface area contributed by atoms with Gasteiger partial charge >= 0.3 is 0 Å². The fourth-order valence-electron chi connectivity index (χ4n) is 5.76. The molecule has 0 radical (unpaired) electrons. The Labute approximate surface area is 212 Å². The minimum Gasteiger partial charge on any atom is -0.493 e. The molecule has 2 aliphatic rings. The maximum absolute atomic E-state index is 14.0. The first kappa shape index (κ1) is 24.2. The Hall–Kier alpha value is -3.48. The number of carbonyl (C=O) groups is 2. The van der Waals surface area contributed by atoms with Crippen LogP contribution in [0.2, 0.25) is 0 Å². The molecule has 0 spiro atoms. The predicted molar refractivity (Wildman–Crippen MR) is 139 cm³/mol. The number of rotatable bonds is 6. The number of piperazine rings is 1. The van der Waals surface area contributed by atoms with Gasteiger partial charge in [-0.2, -0.15) is 0 Å². The molecule has 3 aromatic rings. The third-order valence-corrected chi connectivity index (χ3v) is 7.85. The molecule has 0 bridgehead atoms. The smallest absolute Gasteiger partial charge is 0.255 e. The summed E-state index contributed by atoms with van der Waals surface area (Å²) >= 11 is 0. The van der Waals surface area contributed by atoms with Crippen LogP contribution in [0.25, 0.3) is 10.9 Å². The van der Waals surface area contributed by atoms with Gasteiger partial charge in [-0.05, 0) is 63.4 Å². The van der Waals surface area contributed by atoms with Crippen LogP contribution in [0.4, 0.5) is 0 Å². The van der Waals surface area contributed by atoms with E-state index in [9.17, 15) is 9.59 Å². The number of benzene rings is 2. The molecule has 5 rings (SSSR count). The summed E-state index contributed by atoms with van der Waals surface area (Å²) < 4.78 is 11.6. The number of hydrogen-bond donors (Lipinski definition) is 1. The fraction of sp³-hybridized carbons (Fsp3) is 0.448. The van der Waals surface area contributed by atoms with Gasteiger partial charge in [0.1, 0.15) is 6.54 Å². The maximum Gasteiger partial charge on any atom is 0.255 e. The molecule has 3 heterocycles. The van der Waals surface area contributed by atoms with E-state index in [2.05, 4.69) is 11.1 Å². The van der Waals surface area contributed by atoms with Crippen molar-refractivity contribution in [1.82, 2.24) is 14.8 Å². The molecule has 0 saturated carbocycles. The van der Waals surface area contributed by atoms with E-state index in [0.29, 0.717) is 18.0 Å². The molecule has 1 saturated heterocycles. The molecule has 3 unspecified atom stereocenters. The van der Waals surface area contributed by atoms with Gasteiger partial charge in [-0.15, -0.1) is 0 Å². The normalized spacial score (nSPS) is 22.6. The van der Waals surface area contributed by atoms with E-state index in [-0.39, 0.29) is 36.4 Å². The summed E-state index contributed by atoms with van der Waals surface area (Å²) in [5.41, 5.74) is 2.75. The lowest BCUT2D eigenvalue weighted by atomic mass is 9.76. The second kappa shape index (κ2) is 8.87. The van der Waals surface area contributed by atoms with Gasteiger partial charge in [-0.25, -0.2) is 0 Å². The molecule has 3 atom stereocenters. The van der Waals surface area contributed by atoms with Gasteiger partial charge in [0, 0.05) is 29.4 Å². The third-order valence-electron chi connectivity index (χ3n) is 7.85. The Kier molecular flexibility index (Phi) is 5.97. The number of nitrogens with one attached hydrogen (secondary N) is 1. The van der Waals surface area contributed by atoms with Crippen LogP contribution >= 0.6 is 0 Å². The van der Waals surface area contributed by atoms with Crippen molar-refractivity contribution in [2.45, 2.75) is 64.6 Å². The number of H-pyrrole nitrogens is 1. The summed E-state index contributed by atoms with van der Waals surface area (Å²) in [4.78, 5) is 34.7. The summed E-state index contributed by atoms with van der Waals surface area (Å²) in [5.74, 6) is 1.15. The molecule has 0 aliphatic carbocycles. The van der Waals surface area contributed by atoms with E-state index in [1.807, 2.05) is 71.0 Å². The third kappa shape index (κ3) is 3.55. The Bertz CT molecular complexity index is 1330. The van der Waals surface area contributed by atoms with Crippen molar-refractivity contribution in [3.8, 4) is 11.5 Å². The van der Waals surface area contributed by atoms with E-state index in [1.165, 1.54) is 0 Å². The van der Waals surface area contributed by atoms with Crippen molar-refractivity contribution < 1.29 is 19.1 Å². The van der Waals surface area contributed by atoms with Crippen LogP contribution < -0.4 is 9.47 Å². The minimum atomic E-state index is -1.09. The molecule has 2 amide bonds. The van der Waals surface area contributed by atoms with Crippen LogP contribution in [0.3, 0.4) is 0 Å². The summed E-state index contributed by atoms with van der Waals surface area (Å²) in [7, 11) is 1.64. The largest absolute Gasteiger partial charge is 0.493 e. The zero-order chi connectivity index (χ0) is 25.8. The summed E-state index contributed by atoms with van der Waals surface area (Å²) in [6, 6.07) is 14.1. The molecule has 2 aromatic carbocycles. The average molecular weight is 490 g/mol. The van der Waals surface area contributed by atoms with Crippen molar-refractivity contribution in [2.75, 3.05) is 20.2 Å². The van der Waals surface area contributed by atoms with E-state index < -0.39 is 5.54 Å². The molecule has 7 nitrogen and oxygen atoms in total. The number of methoxy groups -OCH3 is 1. The number of fused-ring (bicyclic) bond motifs is 5. The van der Waals surface area contributed by atoms with Crippen LogP contribution in [-0.4, -0.2) is 58.9 Å². The number of amides is 2. The van der Waals surface area contributed by atoms with Crippen LogP contribution in [0.5, 0.6) is 11.5 Å². The summed E-state index contributed by atoms with van der Waals surface area (Å²) in [6.07, 6.45) is 0.813. The van der Waals surface area contributed by atoms with Gasteiger partial charge in [-0.1, -0.05) is 31.2 Å². The highest BCUT2D eigenvalue weighted by molar-refractivity contribution is 6.01. The van der Waals surface area contributed by atoms with E-state index in [4.69, 9.17) is 9.47 Å². The van der Waals surface area contributed by atoms with Gasteiger partial charge < -0.3 is 24.3 Å². The summed E-state index contributed by atoms with van der Waals surface area (Å²) in [5, 5.41) is 1.07. The first-order valence-corrected chi connectivity index (χ1v) is 12.8. The Balaban J connectivity index is 1.70. The minimum absolute atomic E-state index is 0.0104. The standard InChI is InChI=1S/C29H35N3O4/c1-7-18(4)31-16-25(33)32-15-21(19-12-13-23(36-17(2)3)24(14-19)35-6)26-20-10-8-9-11-22(20)30-27(26)29(32,5)28(31)34/h8-14,17-18,21,30H,7,15-16H2,1-6H3.